The molecule has 0 aliphatic carbocycles. The Balaban J connectivity index is 0.000000303. The van der Waals surface area contributed by atoms with Crippen molar-refractivity contribution in [2.75, 3.05) is 18.5 Å². The van der Waals surface area contributed by atoms with Crippen molar-refractivity contribution in [1.82, 2.24) is 5.32 Å². The monoisotopic (exact) mass is 620 g/mol. The van der Waals surface area contributed by atoms with E-state index in [4.69, 9.17) is 22.0 Å². The number of carboxylic acid groups (broad SMARTS) is 1. The molecule has 13 heteroatoms. The van der Waals surface area contributed by atoms with E-state index in [1.165, 1.54) is 0 Å². The number of rotatable bonds is 8. The van der Waals surface area contributed by atoms with Crippen LogP contribution in [0.3, 0.4) is 0 Å². The molecule has 0 aromatic heterocycles. The van der Waals surface area contributed by atoms with E-state index in [0.29, 0.717) is 27.6 Å². The number of aryl methyl sites for hydroxylation is 1. The number of nitriles is 1. The van der Waals surface area contributed by atoms with Crippen LogP contribution in [0.2, 0.25) is 5.02 Å². The molecular formula is C30H26ClF5N4O3. The number of carboxylic acids is 1. The average Bonchev–Trinajstić information content (AvgIpc) is 2.94. The number of hydrogen-bond acceptors (Lipinski definition) is 5. The highest BCUT2D eigenvalue weighted by Gasteiger charge is 2.39. The molecule has 0 heterocycles. The quantitative estimate of drug-likeness (QED) is 0.203. The average molecular weight is 621 g/mol. The lowest BCUT2D eigenvalue weighted by molar-refractivity contribution is -0.144. The van der Waals surface area contributed by atoms with Crippen LogP contribution in [0.15, 0.2) is 54.0 Å². The molecule has 0 radical (unpaired) electrons. The molecule has 226 valence electrons. The number of nitrogens with zero attached hydrogens (tertiary/aromatic N) is 3. The standard InChI is InChI=1S/C17H13ClN2.C13H13F5N2O3/c1-4-13-11(2)5-7-15(17(13)20-3)14-8-6-12(10-19)9-16(14)18;1-6(13(16,17)18)20(2)7-3-8(14)11(9(15)4-7)12(23)19-5-10(21)22/h4-9H,1,3H2,2H3;3-4,6H,5H2,1-2H3,(H,19,23)(H,21,22)/t;6-/m.1/s1. The Kier molecular flexibility index (Phi) is 11.5. The number of aliphatic imine (C=N–C) groups is 1. The van der Waals surface area contributed by atoms with Gasteiger partial charge < -0.3 is 15.3 Å². The molecule has 0 fully saturated rings. The second kappa shape index (κ2) is 14.4. The van der Waals surface area contributed by atoms with Gasteiger partial charge in [-0.15, -0.1) is 0 Å². The van der Waals surface area contributed by atoms with Gasteiger partial charge in [0.15, 0.2) is 0 Å². The third-order valence-electron chi connectivity index (χ3n) is 6.30. The highest BCUT2D eigenvalue weighted by Crippen LogP contribution is 2.39. The molecule has 0 saturated heterocycles. The fraction of sp³-hybridized carbons (Fsp3) is 0.200. The molecule has 3 rings (SSSR count). The summed E-state index contributed by atoms with van der Waals surface area (Å²) in [6.45, 7) is 9.41. The van der Waals surface area contributed by atoms with E-state index in [2.05, 4.69) is 24.4 Å². The zero-order chi connectivity index (χ0) is 32.6. The highest BCUT2D eigenvalue weighted by molar-refractivity contribution is 6.33. The predicted molar refractivity (Wildman–Crippen MR) is 156 cm³/mol. The number of amides is 1. The van der Waals surface area contributed by atoms with Crippen LogP contribution in [0.5, 0.6) is 0 Å². The van der Waals surface area contributed by atoms with Crippen molar-refractivity contribution in [1.29, 1.82) is 5.26 Å². The Morgan fingerprint density at radius 1 is 1.16 bits per heavy atom. The first-order chi connectivity index (χ1) is 20.1. The van der Waals surface area contributed by atoms with Gasteiger partial charge in [0.05, 0.1) is 17.3 Å². The van der Waals surface area contributed by atoms with Gasteiger partial charge in [-0.2, -0.15) is 18.4 Å². The number of benzene rings is 3. The summed E-state index contributed by atoms with van der Waals surface area (Å²) in [6.07, 6.45) is -2.85. The van der Waals surface area contributed by atoms with Crippen LogP contribution >= 0.6 is 11.6 Å². The van der Waals surface area contributed by atoms with Crippen LogP contribution in [0.25, 0.3) is 17.2 Å². The van der Waals surface area contributed by atoms with Gasteiger partial charge in [-0.25, -0.2) is 8.78 Å². The lowest BCUT2D eigenvalue weighted by atomic mass is 9.96. The second-order valence-corrected chi connectivity index (χ2v) is 9.46. The molecule has 0 unspecified atom stereocenters. The van der Waals surface area contributed by atoms with Gasteiger partial charge >= 0.3 is 12.1 Å². The van der Waals surface area contributed by atoms with E-state index < -0.39 is 53.5 Å². The summed E-state index contributed by atoms with van der Waals surface area (Å²) < 4.78 is 65.6. The van der Waals surface area contributed by atoms with Crippen molar-refractivity contribution >= 4 is 47.6 Å². The van der Waals surface area contributed by atoms with Crippen molar-refractivity contribution in [3.8, 4) is 17.2 Å². The zero-order valence-electron chi connectivity index (χ0n) is 23.2. The van der Waals surface area contributed by atoms with Gasteiger partial charge in [-0.1, -0.05) is 42.5 Å². The van der Waals surface area contributed by atoms with Crippen molar-refractivity contribution in [3.63, 3.8) is 0 Å². The number of carbonyl (C=O) groups excluding carboxylic acids is 1. The fourth-order valence-corrected chi connectivity index (χ4v) is 4.11. The lowest BCUT2D eigenvalue weighted by Crippen LogP contribution is -2.41. The van der Waals surface area contributed by atoms with Gasteiger partial charge in [-0.3, -0.25) is 14.6 Å². The van der Waals surface area contributed by atoms with Crippen LogP contribution in [0, 0.1) is 29.9 Å². The Morgan fingerprint density at radius 3 is 2.21 bits per heavy atom. The molecule has 43 heavy (non-hydrogen) atoms. The summed E-state index contributed by atoms with van der Waals surface area (Å²) >= 11 is 6.27. The summed E-state index contributed by atoms with van der Waals surface area (Å²) in [5.41, 5.74) is 3.54. The number of hydrogen-bond donors (Lipinski definition) is 2. The van der Waals surface area contributed by atoms with Crippen LogP contribution in [-0.2, 0) is 4.79 Å². The lowest BCUT2D eigenvalue weighted by Gasteiger charge is -2.29. The van der Waals surface area contributed by atoms with Gasteiger partial charge in [0.1, 0.15) is 29.8 Å². The number of carbonyl (C=O) groups is 2. The molecule has 0 aliphatic rings. The minimum atomic E-state index is -4.61. The Labute approximate surface area is 249 Å². The first-order valence-electron chi connectivity index (χ1n) is 12.3. The van der Waals surface area contributed by atoms with Gasteiger partial charge in [0.2, 0.25) is 0 Å². The Hall–Kier alpha value is -4.76. The maximum absolute atomic E-state index is 13.8. The van der Waals surface area contributed by atoms with Crippen LogP contribution in [0.4, 0.5) is 33.3 Å². The van der Waals surface area contributed by atoms with Gasteiger partial charge in [0.25, 0.3) is 5.91 Å². The SMILES string of the molecule is C=Cc1c(C)ccc(-c2ccc(C#N)cc2Cl)c1N=C.C[C@@H](N(C)c1cc(F)c(C(=O)NCC(=O)O)c(F)c1)C(F)(F)F. The fourth-order valence-electron chi connectivity index (χ4n) is 3.83. The molecule has 0 spiro atoms. The largest absolute Gasteiger partial charge is 0.480 e. The van der Waals surface area contributed by atoms with Crippen molar-refractivity contribution < 1.29 is 36.6 Å². The van der Waals surface area contributed by atoms with Gasteiger partial charge in [-0.05, 0) is 50.4 Å². The second-order valence-electron chi connectivity index (χ2n) is 9.05. The number of anilines is 1. The molecule has 0 aliphatic heterocycles. The first kappa shape index (κ1) is 34.4. The molecule has 0 bridgehead atoms. The minimum Gasteiger partial charge on any atom is -0.480 e. The van der Waals surface area contributed by atoms with Crippen LogP contribution in [0.1, 0.15) is 34.0 Å². The summed E-state index contributed by atoms with van der Waals surface area (Å²) in [7, 11) is 0.997. The van der Waals surface area contributed by atoms with E-state index >= 15 is 0 Å². The van der Waals surface area contributed by atoms with E-state index in [9.17, 15) is 31.5 Å². The predicted octanol–water partition coefficient (Wildman–Crippen LogP) is 7.33. The first-order valence-corrected chi connectivity index (χ1v) is 12.7. The number of alkyl halides is 3. The van der Waals surface area contributed by atoms with Crippen molar-refractivity contribution in [2.24, 2.45) is 4.99 Å². The topological polar surface area (TPSA) is 106 Å². The van der Waals surface area contributed by atoms with E-state index in [-0.39, 0.29) is 0 Å². The van der Waals surface area contributed by atoms with Crippen LogP contribution < -0.4 is 10.2 Å². The molecule has 3 aromatic rings. The maximum atomic E-state index is 13.8. The highest BCUT2D eigenvalue weighted by atomic mass is 35.5. The van der Waals surface area contributed by atoms with Crippen molar-refractivity contribution in [3.05, 3.63) is 88.0 Å². The Morgan fingerprint density at radius 2 is 1.74 bits per heavy atom. The number of aliphatic carboxylic acids is 1. The molecule has 1 atom stereocenters. The third-order valence-corrected chi connectivity index (χ3v) is 6.61. The smallest absolute Gasteiger partial charge is 0.408 e. The molecule has 7 nitrogen and oxygen atoms in total. The normalized spacial score (nSPS) is 11.3. The van der Waals surface area contributed by atoms with Crippen LogP contribution in [-0.4, -0.2) is 49.5 Å². The molecule has 3 aromatic carbocycles. The van der Waals surface area contributed by atoms with E-state index in [1.54, 1.807) is 23.5 Å². The molecule has 2 N–H and O–H groups in total. The van der Waals surface area contributed by atoms with E-state index in [0.717, 1.165) is 41.9 Å². The zero-order valence-corrected chi connectivity index (χ0v) is 23.9. The molecule has 1 amide bonds. The summed E-state index contributed by atoms with van der Waals surface area (Å²) in [6, 6.07) is 10.4. The maximum Gasteiger partial charge on any atom is 0.408 e. The number of halogens is 6. The number of nitrogens with one attached hydrogen (secondary N) is 1. The van der Waals surface area contributed by atoms with E-state index in [1.807, 2.05) is 25.1 Å². The van der Waals surface area contributed by atoms with Gasteiger partial charge in [0, 0.05) is 34.4 Å². The summed E-state index contributed by atoms with van der Waals surface area (Å²) in [5.74, 6) is -5.54. The Bertz CT molecular complexity index is 1580. The summed E-state index contributed by atoms with van der Waals surface area (Å²) in [5, 5.41) is 19.6. The molecular weight excluding hydrogens is 595 g/mol. The third kappa shape index (κ3) is 8.39. The minimum absolute atomic E-state index is 0.417. The van der Waals surface area contributed by atoms with Crippen molar-refractivity contribution in [2.45, 2.75) is 26.1 Å². The molecule has 0 saturated carbocycles. The summed E-state index contributed by atoms with van der Waals surface area (Å²) in [4.78, 5) is 26.5.